The first-order valence-electron chi connectivity index (χ1n) is 7.89. The van der Waals surface area contributed by atoms with Gasteiger partial charge in [0.2, 0.25) is 0 Å². The predicted molar refractivity (Wildman–Crippen MR) is 91.0 cm³/mol. The Morgan fingerprint density at radius 3 is 2.35 bits per heavy atom. The summed E-state index contributed by atoms with van der Waals surface area (Å²) in [5.74, 6) is -0.217. The van der Waals surface area contributed by atoms with Crippen LogP contribution >= 0.6 is 0 Å². The Morgan fingerprint density at radius 2 is 1.78 bits per heavy atom. The SMILES string of the molecule is Cc1cc(C)cc(-n2nc(C(=O)NC(C)C(C)CO)cc2C)c1. The van der Waals surface area contributed by atoms with E-state index in [2.05, 4.69) is 16.5 Å². The highest BCUT2D eigenvalue weighted by atomic mass is 16.3. The van der Waals surface area contributed by atoms with E-state index in [9.17, 15) is 4.79 Å². The van der Waals surface area contributed by atoms with Gasteiger partial charge in [0, 0.05) is 18.3 Å². The standard InChI is InChI=1S/C18H25N3O2/c1-11-6-12(2)8-16(7-11)21-14(4)9-17(20-21)18(23)19-15(5)13(3)10-22/h6-9,13,15,22H,10H2,1-5H3,(H,19,23). The first kappa shape index (κ1) is 17.2. The van der Waals surface area contributed by atoms with Crippen LogP contribution in [0.4, 0.5) is 0 Å². The Kier molecular flexibility index (Phi) is 5.21. The third-order valence-corrected chi connectivity index (χ3v) is 4.07. The summed E-state index contributed by atoms with van der Waals surface area (Å²) in [6, 6.07) is 7.87. The number of carbonyl (C=O) groups excluding carboxylic acids is 1. The Labute approximate surface area is 137 Å². The molecule has 0 saturated heterocycles. The zero-order valence-electron chi connectivity index (χ0n) is 14.4. The Bertz CT molecular complexity index is 686. The van der Waals surface area contributed by atoms with Gasteiger partial charge in [-0.05, 0) is 62.9 Å². The molecule has 0 aliphatic rings. The van der Waals surface area contributed by atoms with E-state index in [4.69, 9.17) is 5.11 Å². The molecule has 0 spiro atoms. The van der Waals surface area contributed by atoms with E-state index in [1.165, 1.54) is 0 Å². The summed E-state index contributed by atoms with van der Waals surface area (Å²) in [5, 5.41) is 16.5. The summed E-state index contributed by atoms with van der Waals surface area (Å²) < 4.78 is 1.79. The summed E-state index contributed by atoms with van der Waals surface area (Å²) in [4.78, 5) is 12.3. The molecule has 1 heterocycles. The summed E-state index contributed by atoms with van der Waals surface area (Å²) in [6.07, 6.45) is 0. The van der Waals surface area contributed by atoms with Crippen LogP contribution in [0.3, 0.4) is 0 Å². The van der Waals surface area contributed by atoms with Gasteiger partial charge in [-0.25, -0.2) is 4.68 Å². The van der Waals surface area contributed by atoms with E-state index in [1.54, 1.807) is 10.7 Å². The van der Waals surface area contributed by atoms with Gasteiger partial charge in [-0.2, -0.15) is 5.10 Å². The van der Waals surface area contributed by atoms with Gasteiger partial charge in [0.1, 0.15) is 0 Å². The third-order valence-electron chi connectivity index (χ3n) is 4.07. The van der Waals surface area contributed by atoms with Gasteiger partial charge in [0.15, 0.2) is 5.69 Å². The number of benzene rings is 1. The van der Waals surface area contributed by atoms with Gasteiger partial charge in [0.25, 0.3) is 5.91 Å². The summed E-state index contributed by atoms with van der Waals surface area (Å²) >= 11 is 0. The van der Waals surface area contributed by atoms with Crippen LogP contribution < -0.4 is 5.32 Å². The van der Waals surface area contributed by atoms with E-state index in [-0.39, 0.29) is 24.5 Å². The summed E-state index contributed by atoms with van der Waals surface area (Å²) in [6.45, 7) is 9.83. The van der Waals surface area contributed by atoms with E-state index < -0.39 is 0 Å². The molecule has 5 nitrogen and oxygen atoms in total. The normalized spacial score (nSPS) is 13.7. The molecule has 0 aliphatic carbocycles. The van der Waals surface area contributed by atoms with Crippen LogP contribution in [0.1, 0.15) is 41.2 Å². The fourth-order valence-electron chi connectivity index (χ4n) is 2.50. The first-order chi connectivity index (χ1) is 10.8. The molecule has 124 valence electrons. The number of carbonyl (C=O) groups is 1. The number of aryl methyl sites for hydroxylation is 3. The van der Waals surface area contributed by atoms with Crippen LogP contribution in [0.15, 0.2) is 24.3 Å². The number of aliphatic hydroxyl groups is 1. The minimum absolute atomic E-state index is 0.00144. The highest BCUT2D eigenvalue weighted by Gasteiger charge is 2.18. The molecule has 1 amide bonds. The minimum Gasteiger partial charge on any atom is -0.396 e. The van der Waals surface area contributed by atoms with Crippen molar-refractivity contribution in [1.82, 2.24) is 15.1 Å². The van der Waals surface area contributed by atoms with Crippen molar-refractivity contribution in [1.29, 1.82) is 0 Å². The van der Waals surface area contributed by atoms with Gasteiger partial charge in [-0.15, -0.1) is 0 Å². The molecule has 1 aromatic carbocycles. The molecule has 0 bridgehead atoms. The lowest BCUT2D eigenvalue weighted by Gasteiger charge is -2.18. The molecule has 2 unspecified atom stereocenters. The fourth-order valence-corrected chi connectivity index (χ4v) is 2.50. The van der Waals surface area contributed by atoms with E-state index in [0.29, 0.717) is 5.69 Å². The van der Waals surface area contributed by atoms with Crippen molar-refractivity contribution in [2.75, 3.05) is 6.61 Å². The highest BCUT2D eigenvalue weighted by Crippen LogP contribution is 2.16. The van der Waals surface area contributed by atoms with Crippen LogP contribution in [0.25, 0.3) is 5.69 Å². The quantitative estimate of drug-likeness (QED) is 0.891. The smallest absolute Gasteiger partial charge is 0.272 e. The molecule has 1 aromatic heterocycles. The van der Waals surface area contributed by atoms with Crippen molar-refractivity contribution in [3.63, 3.8) is 0 Å². The molecular formula is C18H25N3O2. The summed E-state index contributed by atoms with van der Waals surface area (Å²) in [5.41, 5.74) is 4.56. The van der Waals surface area contributed by atoms with Crippen molar-refractivity contribution in [2.24, 2.45) is 5.92 Å². The minimum atomic E-state index is -0.218. The van der Waals surface area contributed by atoms with Crippen molar-refractivity contribution in [2.45, 2.75) is 40.7 Å². The number of hydrogen-bond donors (Lipinski definition) is 2. The monoisotopic (exact) mass is 315 g/mol. The molecule has 0 radical (unpaired) electrons. The van der Waals surface area contributed by atoms with E-state index in [0.717, 1.165) is 22.5 Å². The first-order valence-corrected chi connectivity index (χ1v) is 7.89. The second-order valence-electron chi connectivity index (χ2n) is 6.35. The van der Waals surface area contributed by atoms with E-state index in [1.807, 2.05) is 46.8 Å². The third kappa shape index (κ3) is 3.99. The number of amides is 1. The second kappa shape index (κ2) is 6.96. The zero-order valence-corrected chi connectivity index (χ0v) is 14.4. The van der Waals surface area contributed by atoms with Crippen LogP contribution in [-0.2, 0) is 0 Å². The molecule has 0 aliphatic heterocycles. The fraction of sp³-hybridized carbons (Fsp3) is 0.444. The maximum atomic E-state index is 12.3. The molecule has 5 heteroatoms. The maximum Gasteiger partial charge on any atom is 0.272 e. The number of nitrogens with one attached hydrogen (secondary N) is 1. The van der Waals surface area contributed by atoms with Crippen LogP contribution in [0, 0.1) is 26.7 Å². The lowest BCUT2D eigenvalue weighted by Crippen LogP contribution is -2.38. The average Bonchev–Trinajstić information content (AvgIpc) is 2.87. The van der Waals surface area contributed by atoms with Crippen molar-refractivity contribution >= 4 is 5.91 Å². The Hall–Kier alpha value is -2.14. The number of aliphatic hydroxyl groups excluding tert-OH is 1. The van der Waals surface area contributed by atoms with E-state index >= 15 is 0 Å². The molecule has 2 atom stereocenters. The van der Waals surface area contributed by atoms with Crippen molar-refractivity contribution in [3.8, 4) is 5.69 Å². The van der Waals surface area contributed by atoms with Gasteiger partial charge < -0.3 is 10.4 Å². The molecule has 2 aromatic rings. The number of rotatable bonds is 5. The van der Waals surface area contributed by atoms with Gasteiger partial charge in [0.05, 0.1) is 5.69 Å². The van der Waals surface area contributed by atoms with Crippen molar-refractivity contribution < 1.29 is 9.90 Å². The lowest BCUT2D eigenvalue weighted by molar-refractivity contribution is 0.0911. The van der Waals surface area contributed by atoms with Crippen LogP contribution in [0.2, 0.25) is 0 Å². The lowest BCUT2D eigenvalue weighted by atomic mass is 10.1. The topological polar surface area (TPSA) is 67.2 Å². The molecule has 0 saturated carbocycles. The molecular weight excluding hydrogens is 290 g/mol. The average molecular weight is 315 g/mol. The van der Waals surface area contributed by atoms with Crippen molar-refractivity contribution in [3.05, 3.63) is 46.8 Å². The molecule has 2 rings (SSSR count). The van der Waals surface area contributed by atoms with Gasteiger partial charge in [-0.1, -0.05) is 13.0 Å². The Morgan fingerprint density at radius 1 is 1.17 bits per heavy atom. The van der Waals surface area contributed by atoms with Gasteiger partial charge >= 0.3 is 0 Å². The highest BCUT2D eigenvalue weighted by molar-refractivity contribution is 5.92. The number of aromatic nitrogens is 2. The molecule has 2 N–H and O–H groups in total. The predicted octanol–water partition coefficient (Wildman–Crippen LogP) is 2.54. The summed E-state index contributed by atoms with van der Waals surface area (Å²) in [7, 11) is 0. The van der Waals surface area contributed by atoms with Crippen LogP contribution in [-0.4, -0.2) is 33.4 Å². The molecule has 23 heavy (non-hydrogen) atoms. The zero-order chi connectivity index (χ0) is 17.1. The maximum absolute atomic E-state index is 12.3. The number of nitrogens with zero attached hydrogens (tertiary/aromatic N) is 2. The van der Waals surface area contributed by atoms with Crippen LogP contribution in [0.5, 0.6) is 0 Å². The largest absolute Gasteiger partial charge is 0.396 e. The second-order valence-corrected chi connectivity index (χ2v) is 6.35. The Balaban J connectivity index is 2.25. The number of hydrogen-bond acceptors (Lipinski definition) is 3. The van der Waals surface area contributed by atoms with Gasteiger partial charge in [-0.3, -0.25) is 4.79 Å². The molecule has 0 fully saturated rings.